The van der Waals surface area contributed by atoms with Gasteiger partial charge in [0.25, 0.3) is 0 Å². The smallest absolute Gasteiger partial charge is 0.241 e. The number of hydrogen-bond acceptors (Lipinski definition) is 3. The summed E-state index contributed by atoms with van der Waals surface area (Å²) < 4.78 is 42.8. The Morgan fingerprint density at radius 3 is 2.18 bits per heavy atom. The average Bonchev–Trinajstić information content (AvgIpc) is 3.46. The zero-order chi connectivity index (χ0) is 27.6. The number of benzene rings is 2. The average molecular weight is 542 g/mol. The Hall–Kier alpha value is -2.87. The Labute approximate surface area is 229 Å². The molecule has 0 atom stereocenters. The van der Waals surface area contributed by atoms with Crippen molar-refractivity contribution in [3.8, 4) is 0 Å². The number of carbonyl (C=O) groups excluding carboxylic acids is 2. The van der Waals surface area contributed by atoms with Crippen LogP contribution >= 0.6 is 0 Å². The molecule has 0 spiro atoms. The van der Waals surface area contributed by atoms with Crippen LogP contribution in [0, 0.1) is 24.4 Å². The van der Waals surface area contributed by atoms with E-state index in [4.69, 9.17) is 0 Å². The predicted octanol–water partition coefficient (Wildman–Crippen LogP) is 5.73. The summed E-state index contributed by atoms with van der Waals surface area (Å²) in [6, 6.07) is 10.7. The van der Waals surface area contributed by atoms with E-state index in [1.165, 1.54) is 13.3 Å². The van der Waals surface area contributed by atoms with Gasteiger partial charge in [-0.25, -0.2) is 13.2 Å². The van der Waals surface area contributed by atoms with Crippen molar-refractivity contribution < 1.29 is 22.8 Å². The highest BCUT2D eigenvalue weighted by Gasteiger charge is 2.47. The maximum atomic E-state index is 14.5. The fraction of sp³-hybridized carbons (Fsp3) is 0.548. The molecular weight excluding hydrogens is 503 g/mol. The lowest BCUT2D eigenvalue weighted by atomic mass is 9.75. The summed E-state index contributed by atoms with van der Waals surface area (Å²) in [6.45, 7) is 4.60. The van der Waals surface area contributed by atoms with E-state index in [0.717, 1.165) is 50.5 Å². The molecule has 0 unspecified atom stereocenters. The molecule has 2 amide bonds. The lowest BCUT2D eigenvalue weighted by Crippen LogP contribution is -2.54. The number of piperidine rings is 2. The molecule has 3 fully saturated rings. The fourth-order valence-corrected chi connectivity index (χ4v) is 6.92. The van der Waals surface area contributed by atoms with Crippen molar-refractivity contribution in [3.63, 3.8) is 0 Å². The predicted molar refractivity (Wildman–Crippen MR) is 145 cm³/mol. The first-order valence-electron chi connectivity index (χ1n) is 14.4. The molecule has 2 aliphatic heterocycles. The van der Waals surface area contributed by atoms with Crippen LogP contribution in [0.15, 0.2) is 36.4 Å². The minimum atomic E-state index is -1.49. The first-order valence-corrected chi connectivity index (χ1v) is 14.4. The molecule has 0 radical (unpaired) electrons. The van der Waals surface area contributed by atoms with Crippen LogP contribution < -0.4 is 4.90 Å². The molecule has 2 aromatic rings. The molecule has 1 saturated carbocycles. The van der Waals surface area contributed by atoms with E-state index in [0.29, 0.717) is 45.3 Å². The van der Waals surface area contributed by atoms with E-state index in [-0.39, 0.29) is 29.0 Å². The van der Waals surface area contributed by atoms with Crippen LogP contribution in [0.4, 0.5) is 18.9 Å². The molecule has 210 valence electrons. The number of nitrogens with zero attached hydrogens (tertiary/aromatic N) is 3. The van der Waals surface area contributed by atoms with Crippen molar-refractivity contribution in [3.05, 3.63) is 65.0 Å². The SMILES string of the molecule is Cc1c(C2(C(=O)N3CCC(N(C(=O)CN4CCCCC4)c4ccccc4)CC3)CCCC2)cc(F)c(F)c1F. The van der Waals surface area contributed by atoms with Gasteiger partial charge in [-0.3, -0.25) is 14.5 Å². The second kappa shape index (κ2) is 11.7. The van der Waals surface area contributed by atoms with E-state index in [1.807, 2.05) is 35.2 Å². The van der Waals surface area contributed by atoms with Crippen LogP contribution in [0.2, 0.25) is 0 Å². The second-order valence-corrected chi connectivity index (χ2v) is 11.4. The topological polar surface area (TPSA) is 43.9 Å². The number of amides is 2. The maximum absolute atomic E-state index is 14.5. The summed E-state index contributed by atoms with van der Waals surface area (Å²) in [4.78, 5) is 33.6. The van der Waals surface area contributed by atoms with Gasteiger partial charge >= 0.3 is 0 Å². The first kappa shape index (κ1) is 27.7. The van der Waals surface area contributed by atoms with Gasteiger partial charge in [0.05, 0.1) is 12.0 Å². The van der Waals surface area contributed by atoms with Crippen LogP contribution in [-0.4, -0.2) is 60.4 Å². The number of rotatable bonds is 6. The quantitative estimate of drug-likeness (QED) is 0.439. The number of halogens is 3. The molecule has 3 aliphatic rings. The molecule has 5 nitrogen and oxygen atoms in total. The third-order valence-corrected chi connectivity index (χ3v) is 9.02. The van der Waals surface area contributed by atoms with Gasteiger partial charge in [-0.15, -0.1) is 0 Å². The fourth-order valence-electron chi connectivity index (χ4n) is 6.92. The Balaban J connectivity index is 1.34. The summed E-state index contributed by atoms with van der Waals surface area (Å²) in [5, 5.41) is 0. The van der Waals surface area contributed by atoms with Crippen molar-refractivity contribution >= 4 is 17.5 Å². The first-order chi connectivity index (χ1) is 18.8. The molecule has 2 saturated heterocycles. The number of para-hydroxylation sites is 1. The molecule has 0 N–H and O–H groups in total. The Morgan fingerprint density at radius 2 is 1.54 bits per heavy atom. The Morgan fingerprint density at radius 1 is 0.897 bits per heavy atom. The van der Waals surface area contributed by atoms with Gasteiger partial charge in [0, 0.05) is 24.8 Å². The van der Waals surface area contributed by atoms with Crippen LogP contribution in [0.1, 0.15) is 68.9 Å². The van der Waals surface area contributed by atoms with Crippen molar-refractivity contribution in [1.29, 1.82) is 0 Å². The van der Waals surface area contributed by atoms with Gasteiger partial charge in [-0.1, -0.05) is 37.5 Å². The lowest BCUT2D eigenvalue weighted by Gasteiger charge is -2.42. The number of carbonyl (C=O) groups is 2. The van der Waals surface area contributed by atoms with Crippen LogP contribution in [0.5, 0.6) is 0 Å². The van der Waals surface area contributed by atoms with Gasteiger partial charge in [0.15, 0.2) is 17.5 Å². The van der Waals surface area contributed by atoms with E-state index >= 15 is 0 Å². The van der Waals surface area contributed by atoms with Gasteiger partial charge in [-0.2, -0.15) is 0 Å². The molecular formula is C31H38F3N3O2. The van der Waals surface area contributed by atoms with Crippen LogP contribution in [0.3, 0.4) is 0 Å². The van der Waals surface area contributed by atoms with Crippen molar-refractivity contribution in [2.45, 2.75) is 76.2 Å². The molecule has 0 aromatic heterocycles. The van der Waals surface area contributed by atoms with Gasteiger partial charge in [0.1, 0.15) is 0 Å². The van der Waals surface area contributed by atoms with E-state index in [2.05, 4.69) is 4.90 Å². The molecule has 2 aromatic carbocycles. The lowest BCUT2D eigenvalue weighted by molar-refractivity contribution is -0.138. The van der Waals surface area contributed by atoms with Gasteiger partial charge in [-0.05, 0) is 87.9 Å². The molecule has 1 aliphatic carbocycles. The number of likely N-dealkylation sites (tertiary alicyclic amines) is 2. The number of anilines is 1. The molecule has 0 bridgehead atoms. The van der Waals surface area contributed by atoms with Crippen molar-refractivity contribution in [1.82, 2.24) is 9.80 Å². The third-order valence-electron chi connectivity index (χ3n) is 9.02. The molecule has 39 heavy (non-hydrogen) atoms. The maximum Gasteiger partial charge on any atom is 0.241 e. The second-order valence-electron chi connectivity index (χ2n) is 11.4. The summed E-state index contributed by atoms with van der Waals surface area (Å²) in [6.07, 6.45) is 7.19. The van der Waals surface area contributed by atoms with E-state index < -0.39 is 22.9 Å². The Bertz CT molecular complexity index is 1190. The molecule has 2 heterocycles. The van der Waals surface area contributed by atoms with Crippen LogP contribution in [0.25, 0.3) is 0 Å². The zero-order valence-electron chi connectivity index (χ0n) is 22.7. The summed E-state index contributed by atoms with van der Waals surface area (Å²) >= 11 is 0. The standard InChI is InChI=1S/C31H38F3N3O2/c1-22-25(20-26(32)29(34)28(22)33)31(14-6-7-15-31)30(39)36-18-12-24(13-19-36)37(23-10-4-2-5-11-23)27(38)21-35-16-8-3-9-17-35/h2,4-5,10-11,20,24H,3,6-9,12-19,21H2,1H3. The van der Waals surface area contributed by atoms with Crippen molar-refractivity contribution in [2.75, 3.05) is 37.6 Å². The molecule has 5 rings (SSSR count). The minimum absolute atomic E-state index is 0.0117. The molecule has 8 heteroatoms. The highest BCUT2D eigenvalue weighted by atomic mass is 19.2. The largest absolute Gasteiger partial charge is 0.342 e. The third kappa shape index (κ3) is 5.45. The number of hydrogen-bond donors (Lipinski definition) is 0. The highest BCUT2D eigenvalue weighted by molar-refractivity contribution is 5.95. The minimum Gasteiger partial charge on any atom is -0.342 e. The van der Waals surface area contributed by atoms with Crippen molar-refractivity contribution in [2.24, 2.45) is 0 Å². The highest BCUT2D eigenvalue weighted by Crippen LogP contribution is 2.45. The summed E-state index contributed by atoms with van der Waals surface area (Å²) in [7, 11) is 0. The van der Waals surface area contributed by atoms with Gasteiger partial charge in [0.2, 0.25) is 11.8 Å². The summed E-state index contributed by atoms with van der Waals surface area (Å²) in [5.74, 6) is -4.02. The van der Waals surface area contributed by atoms with Gasteiger partial charge < -0.3 is 9.80 Å². The van der Waals surface area contributed by atoms with E-state index in [1.54, 1.807) is 4.90 Å². The Kier molecular flexibility index (Phi) is 8.31. The zero-order valence-corrected chi connectivity index (χ0v) is 22.7. The van der Waals surface area contributed by atoms with E-state index in [9.17, 15) is 22.8 Å². The normalized spacial score (nSPS) is 20.3. The monoisotopic (exact) mass is 541 g/mol. The van der Waals surface area contributed by atoms with Crippen LogP contribution in [-0.2, 0) is 15.0 Å². The summed E-state index contributed by atoms with van der Waals surface area (Å²) in [5.41, 5.74) is 0.100.